The molecule has 1 saturated heterocycles. The fraction of sp³-hybridized carbons (Fsp3) is 0.333. The molecule has 3 rings (SSSR count). The molecule has 6 nitrogen and oxygen atoms in total. The first-order valence-electron chi connectivity index (χ1n) is 9.45. The number of ether oxygens (including phenoxy) is 2. The Morgan fingerprint density at radius 3 is 2.53 bits per heavy atom. The lowest BCUT2D eigenvalue weighted by atomic mass is 10.1. The molecule has 9 heteroatoms. The number of amides is 2. The highest BCUT2D eigenvalue weighted by Gasteiger charge is 2.30. The van der Waals surface area contributed by atoms with Crippen molar-refractivity contribution in [2.24, 2.45) is 0 Å². The third-order valence-corrected chi connectivity index (χ3v) is 4.47. The van der Waals surface area contributed by atoms with Gasteiger partial charge in [0.1, 0.15) is 11.5 Å². The van der Waals surface area contributed by atoms with Crippen LogP contribution in [0.5, 0.6) is 11.5 Å². The molecule has 2 aromatic carbocycles. The number of nitrogens with one attached hydrogen (secondary N) is 1. The number of nitrogens with zero attached hydrogens (tertiary/aromatic N) is 1. The van der Waals surface area contributed by atoms with Gasteiger partial charge in [0.15, 0.2) is 6.61 Å². The Morgan fingerprint density at radius 2 is 1.87 bits per heavy atom. The lowest BCUT2D eigenvalue weighted by Crippen LogP contribution is -2.30. The monoisotopic (exact) mass is 422 g/mol. The van der Waals surface area contributed by atoms with Crippen LogP contribution in [-0.2, 0) is 16.0 Å². The molecule has 0 radical (unpaired) electrons. The number of carbonyl (C=O) groups excluding carboxylic acids is 2. The van der Waals surface area contributed by atoms with E-state index in [-0.39, 0.29) is 24.2 Å². The normalized spacial score (nSPS) is 14.0. The molecule has 0 saturated carbocycles. The van der Waals surface area contributed by atoms with E-state index in [1.807, 2.05) is 6.07 Å². The van der Waals surface area contributed by atoms with E-state index in [0.29, 0.717) is 31.7 Å². The van der Waals surface area contributed by atoms with Gasteiger partial charge in [0.25, 0.3) is 5.91 Å². The molecule has 0 aliphatic carbocycles. The van der Waals surface area contributed by atoms with Crippen molar-refractivity contribution in [1.29, 1.82) is 0 Å². The van der Waals surface area contributed by atoms with E-state index < -0.39 is 6.36 Å². The second kappa shape index (κ2) is 9.51. The van der Waals surface area contributed by atoms with Gasteiger partial charge in [-0.2, -0.15) is 0 Å². The smallest absolute Gasteiger partial charge is 0.484 e. The SMILES string of the molecule is O=C(COc1cccc(N2CCCC2=O)c1)NCCc1ccc(OC(F)(F)F)cc1. The fourth-order valence-electron chi connectivity index (χ4n) is 3.07. The van der Waals surface area contributed by atoms with Gasteiger partial charge in [-0.3, -0.25) is 9.59 Å². The van der Waals surface area contributed by atoms with Gasteiger partial charge >= 0.3 is 6.36 Å². The van der Waals surface area contributed by atoms with E-state index in [4.69, 9.17) is 4.74 Å². The van der Waals surface area contributed by atoms with Gasteiger partial charge in [0.05, 0.1) is 0 Å². The van der Waals surface area contributed by atoms with E-state index in [1.165, 1.54) is 24.3 Å². The van der Waals surface area contributed by atoms with Crippen LogP contribution in [0, 0.1) is 0 Å². The van der Waals surface area contributed by atoms with Crippen molar-refractivity contribution in [3.05, 3.63) is 54.1 Å². The van der Waals surface area contributed by atoms with E-state index in [1.54, 1.807) is 23.1 Å². The van der Waals surface area contributed by atoms with Gasteiger partial charge in [-0.05, 0) is 42.7 Å². The van der Waals surface area contributed by atoms with Gasteiger partial charge in [0, 0.05) is 31.3 Å². The maximum absolute atomic E-state index is 12.1. The summed E-state index contributed by atoms with van der Waals surface area (Å²) in [4.78, 5) is 25.5. The van der Waals surface area contributed by atoms with Crippen LogP contribution in [0.15, 0.2) is 48.5 Å². The van der Waals surface area contributed by atoms with Crippen LogP contribution in [0.25, 0.3) is 0 Å². The maximum atomic E-state index is 12.1. The summed E-state index contributed by atoms with van der Waals surface area (Å²) in [5, 5.41) is 2.69. The van der Waals surface area contributed by atoms with Crippen molar-refractivity contribution >= 4 is 17.5 Å². The Morgan fingerprint density at radius 1 is 1.10 bits per heavy atom. The van der Waals surface area contributed by atoms with Crippen LogP contribution >= 0.6 is 0 Å². The summed E-state index contributed by atoms with van der Waals surface area (Å²) in [5.74, 6) is -0.0540. The predicted octanol–water partition coefficient (Wildman–Crippen LogP) is 3.45. The summed E-state index contributed by atoms with van der Waals surface area (Å²) < 4.78 is 45.7. The highest BCUT2D eigenvalue weighted by molar-refractivity contribution is 5.95. The van der Waals surface area contributed by atoms with E-state index in [9.17, 15) is 22.8 Å². The predicted molar refractivity (Wildman–Crippen MR) is 103 cm³/mol. The lowest BCUT2D eigenvalue weighted by Gasteiger charge is -2.16. The second-order valence-corrected chi connectivity index (χ2v) is 6.73. The quantitative estimate of drug-likeness (QED) is 0.708. The van der Waals surface area contributed by atoms with Crippen LogP contribution in [0.4, 0.5) is 18.9 Å². The molecule has 2 aromatic rings. The molecule has 0 spiro atoms. The number of rotatable bonds is 8. The second-order valence-electron chi connectivity index (χ2n) is 6.73. The Kier molecular flexibility index (Phi) is 6.81. The number of alkyl halides is 3. The summed E-state index contributed by atoms with van der Waals surface area (Å²) in [6, 6.07) is 12.5. The average molecular weight is 422 g/mol. The summed E-state index contributed by atoms with van der Waals surface area (Å²) in [6.07, 6.45) is -2.92. The molecule has 1 aliphatic rings. The molecule has 1 fully saturated rings. The molecule has 0 atom stereocenters. The zero-order valence-electron chi connectivity index (χ0n) is 16.1. The van der Waals surface area contributed by atoms with Gasteiger partial charge in [-0.15, -0.1) is 13.2 Å². The first kappa shape index (κ1) is 21.5. The minimum Gasteiger partial charge on any atom is -0.484 e. The molecule has 1 aliphatic heterocycles. The van der Waals surface area contributed by atoms with Gasteiger partial charge < -0.3 is 19.7 Å². The molecular formula is C21H21F3N2O4. The van der Waals surface area contributed by atoms with Gasteiger partial charge in [-0.25, -0.2) is 0 Å². The average Bonchev–Trinajstić information content (AvgIpc) is 3.13. The third kappa shape index (κ3) is 6.40. The van der Waals surface area contributed by atoms with Crippen LogP contribution in [-0.4, -0.2) is 37.9 Å². The molecule has 160 valence electrons. The van der Waals surface area contributed by atoms with Gasteiger partial charge in [-0.1, -0.05) is 18.2 Å². The Balaban J connectivity index is 1.41. The van der Waals surface area contributed by atoms with Crippen LogP contribution < -0.4 is 19.7 Å². The Hall–Kier alpha value is -3.23. The molecule has 1 heterocycles. The Labute approximate surface area is 171 Å². The number of benzene rings is 2. The van der Waals surface area contributed by atoms with Gasteiger partial charge in [0.2, 0.25) is 5.91 Å². The fourth-order valence-corrected chi connectivity index (χ4v) is 3.07. The summed E-state index contributed by atoms with van der Waals surface area (Å²) in [5.41, 5.74) is 1.50. The molecule has 1 N–H and O–H groups in total. The highest BCUT2D eigenvalue weighted by Crippen LogP contribution is 2.25. The molecular weight excluding hydrogens is 401 g/mol. The first-order valence-corrected chi connectivity index (χ1v) is 9.45. The van der Waals surface area contributed by atoms with Crippen molar-refractivity contribution in [3.8, 4) is 11.5 Å². The molecule has 0 unspecified atom stereocenters. The maximum Gasteiger partial charge on any atom is 0.573 e. The minimum atomic E-state index is -4.72. The number of carbonyl (C=O) groups is 2. The Bertz CT molecular complexity index is 885. The topological polar surface area (TPSA) is 67.9 Å². The summed E-state index contributed by atoms with van der Waals surface area (Å²) >= 11 is 0. The van der Waals surface area contributed by atoms with E-state index in [2.05, 4.69) is 10.1 Å². The lowest BCUT2D eigenvalue weighted by molar-refractivity contribution is -0.274. The van der Waals surface area contributed by atoms with Crippen molar-refractivity contribution in [3.63, 3.8) is 0 Å². The number of halogens is 3. The standard InChI is InChI=1S/C21H21F3N2O4/c22-21(23,24)30-17-8-6-15(7-9-17)10-11-25-19(27)14-29-18-4-1-3-16(13-18)26-12-2-5-20(26)28/h1,3-4,6-9,13H,2,5,10-12,14H2,(H,25,27). The number of hydrogen-bond donors (Lipinski definition) is 1. The minimum absolute atomic E-state index is 0.0721. The largest absolute Gasteiger partial charge is 0.573 e. The van der Waals surface area contributed by atoms with Crippen molar-refractivity contribution in [2.75, 3.05) is 24.6 Å². The molecule has 0 bridgehead atoms. The first-order chi connectivity index (χ1) is 14.3. The van der Waals surface area contributed by atoms with Crippen LogP contribution in [0.3, 0.4) is 0 Å². The molecule has 2 amide bonds. The molecule has 30 heavy (non-hydrogen) atoms. The molecule has 0 aromatic heterocycles. The third-order valence-electron chi connectivity index (χ3n) is 4.47. The van der Waals surface area contributed by atoms with E-state index in [0.717, 1.165) is 17.7 Å². The zero-order chi connectivity index (χ0) is 21.6. The summed E-state index contributed by atoms with van der Waals surface area (Å²) in [6.45, 7) is 0.797. The summed E-state index contributed by atoms with van der Waals surface area (Å²) in [7, 11) is 0. The van der Waals surface area contributed by atoms with Crippen molar-refractivity contribution in [1.82, 2.24) is 5.32 Å². The zero-order valence-corrected chi connectivity index (χ0v) is 16.1. The number of anilines is 1. The van der Waals surface area contributed by atoms with E-state index >= 15 is 0 Å². The highest BCUT2D eigenvalue weighted by atomic mass is 19.4. The van der Waals surface area contributed by atoms with Crippen molar-refractivity contribution < 1.29 is 32.2 Å². The number of hydrogen-bond acceptors (Lipinski definition) is 4. The van der Waals surface area contributed by atoms with Crippen molar-refractivity contribution in [2.45, 2.75) is 25.6 Å². The van der Waals surface area contributed by atoms with Crippen LogP contribution in [0.1, 0.15) is 18.4 Å². The van der Waals surface area contributed by atoms with Crippen LogP contribution in [0.2, 0.25) is 0 Å².